The van der Waals surface area contributed by atoms with Gasteiger partial charge in [-0.1, -0.05) is 6.92 Å². The first-order chi connectivity index (χ1) is 8.75. The molecule has 0 radical (unpaired) electrons. The van der Waals surface area contributed by atoms with E-state index >= 15 is 0 Å². The molecule has 0 aromatic rings. The lowest BCUT2D eigenvalue weighted by Crippen LogP contribution is -2.57. The van der Waals surface area contributed by atoms with Crippen LogP contribution in [0.5, 0.6) is 0 Å². The van der Waals surface area contributed by atoms with Crippen molar-refractivity contribution >= 4 is 12.0 Å². The molecule has 0 aromatic carbocycles. The van der Waals surface area contributed by atoms with Gasteiger partial charge in [0.05, 0.1) is 18.2 Å². The SMILES string of the molecule is CCCN(CC(=O)O)C(=O)N1CC(C)OC(C)(C)C1. The van der Waals surface area contributed by atoms with Crippen LogP contribution >= 0.6 is 0 Å². The molecule has 1 heterocycles. The van der Waals surface area contributed by atoms with E-state index in [0.717, 1.165) is 6.42 Å². The Morgan fingerprint density at radius 1 is 1.47 bits per heavy atom. The second-order valence-corrected chi connectivity index (χ2v) is 5.67. The molecule has 6 nitrogen and oxygen atoms in total. The van der Waals surface area contributed by atoms with Crippen molar-refractivity contribution in [2.45, 2.75) is 45.8 Å². The molecule has 0 bridgehead atoms. The Morgan fingerprint density at radius 3 is 2.58 bits per heavy atom. The van der Waals surface area contributed by atoms with Crippen LogP contribution in [0.4, 0.5) is 4.79 Å². The predicted octanol–water partition coefficient (Wildman–Crippen LogP) is 1.40. The Morgan fingerprint density at radius 2 is 2.11 bits per heavy atom. The lowest BCUT2D eigenvalue weighted by atomic mass is 10.1. The minimum absolute atomic E-state index is 0.0407. The highest BCUT2D eigenvalue weighted by molar-refractivity contribution is 5.80. The number of amides is 2. The summed E-state index contributed by atoms with van der Waals surface area (Å²) in [6, 6.07) is -0.215. The zero-order valence-electron chi connectivity index (χ0n) is 12.2. The lowest BCUT2D eigenvalue weighted by molar-refractivity contribution is -0.138. The molecule has 1 aliphatic heterocycles. The number of hydrogen-bond donors (Lipinski definition) is 1. The van der Waals surface area contributed by atoms with Gasteiger partial charge in [0.25, 0.3) is 0 Å². The minimum Gasteiger partial charge on any atom is -0.480 e. The Kier molecular flexibility index (Phi) is 5.17. The Labute approximate surface area is 114 Å². The van der Waals surface area contributed by atoms with Gasteiger partial charge >= 0.3 is 12.0 Å². The van der Waals surface area contributed by atoms with Crippen molar-refractivity contribution in [2.75, 3.05) is 26.2 Å². The van der Waals surface area contributed by atoms with Crippen molar-refractivity contribution < 1.29 is 19.4 Å². The van der Waals surface area contributed by atoms with Gasteiger partial charge < -0.3 is 19.6 Å². The van der Waals surface area contributed by atoms with Crippen LogP contribution < -0.4 is 0 Å². The zero-order valence-corrected chi connectivity index (χ0v) is 12.2. The molecule has 0 aromatic heterocycles. The van der Waals surface area contributed by atoms with Crippen molar-refractivity contribution in [1.82, 2.24) is 9.80 Å². The van der Waals surface area contributed by atoms with E-state index in [4.69, 9.17) is 9.84 Å². The average Bonchev–Trinajstić information content (AvgIpc) is 2.24. The van der Waals surface area contributed by atoms with Crippen molar-refractivity contribution in [3.63, 3.8) is 0 Å². The molecule has 19 heavy (non-hydrogen) atoms. The van der Waals surface area contributed by atoms with Gasteiger partial charge in [0.1, 0.15) is 6.54 Å². The third kappa shape index (κ3) is 4.70. The normalized spacial score (nSPS) is 22.1. The van der Waals surface area contributed by atoms with E-state index in [1.807, 2.05) is 27.7 Å². The Bertz CT molecular complexity index is 344. The molecule has 1 atom stereocenters. The Balaban J connectivity index is 2.75. The fraction of sp³-hybridized carbons (Fsp3) is 0.846. The van der Waals surface area contributed by atoms with E-state index in [-0.39, 0.29) is 18.7 Å². The number of hydrogen-bond acceptors (Lipinski definition) is 3. The number of nitrogens with zero attached hydrogens (tertiary/aromatic N) is 2. The molecule has 2 amide bonds. The lowest BCUT2D eigenvalue weighted by Gasteiger charge is -2.43. The van der Waals surface area contributed by atoms with Crippen LogP contribution in [0.1, 0.15) is 34.1 Å². The first kappa shape index (κ1) is 15.8. The number of rotatable bonds is 4. The van der Waals surface area contributed by atoms with E-state index in [9.17, 15) is 9.59 Å². The molecular weight excluding hydrogens is 248 g/mol. The summed E-state index contributed by atoms with van der Waals surface area (Å²) in [5, 5.41) is 8.88. The fourth-order valence-electron chi connectivity index (χ4n) is 2.47. The molecule has 1 fully saturated rings. The molecule has 0 saturated carbocycles. The molecule has 1 aliphatic rings. The van der Waals surface area contributed by atoms with Gasteiger partial charge in [-0.25, -0.2) is 4.79 Å². The van der Waals surface area contributed by atoms with Gasteiger partial charge in [0.2, 0.25) is 0 Å². The summed E-state index contributed by atoms with van der Waals surface area (Å²) in [5.74, 6) is -0.984. The van der Waals surface area contributed by atoms with Gasteiger partial charge in [-0.3, -0.25) is 4.79 Å². The number of carboxylic acids is 1. The summed E-state index contributed by atoms with van der Waals surface area (Å²) in [5.41, 5.74) is -0.394. The zero-order chi connectivity index (χ0) is 14.6. The van der Waals surface area contributed by atoms with Gasteiger partial charge in [-0.2, -0.15) is 0 Å². The van der Waals surface area contributed by atoms with Gasteiger partial charge in [-0.05, 0) is 27.2 Å². The van der Waals surface area contributed by atoms with Gasteiger partial charge in [0, 0.05) is 13.1 Å². The van der Waals surface area contributed by atoms with Gasteiger partial charge in [0.15, 0.2) is 0 Å². The summed E-state index contributed by atoms with van der Waals surface area (Å²) in [6.45, 7) is 8.90. The van der Waals surface area contributed by atoms with Crippen LogP contribution in [0, 0.1) is 0 Å². The number of carbonyl (C=O) groups is 2. The highest BCUT2D eigenvalue weighted by Crippen LogP contribution is 2.21. The standard InChI is InChI=1S/C13H24N2O4/c1-5-6-14(8-11(16)17)12(18)15-7-10(2)19-13(3,4)9-15/h10H,5-9H2,1-4H3,(H,16,17). The smallest absolute Gasteiger partial charge is 0.323 e. The molecule has 6 heteroatoms. The van der Waals surface area contributed by atoms with Crippen LogP contribution in [0.15, 0.2) is 0 Å². The molecule has 1 saturated heterocycles. The highest BCUT2D eigenvalue weighted by atomic mass is 16.5. The van der Waals surface area contributed by atoms with Crippen molar-refractivity contribution in [1.29, 1.82) is 0 Å². The molecule has 0 aliphatic carbocycles. The van der Waals surface area contributed by atoms with E-state index < -0.39 is 11.6 Å². The molecule has 1 N–H and O–H groups in total. The van der Waals surface area contributed by atoms with E-state index in [2.05, 4.69) is 0 Å². The summed E-state index contributed by atoms with van der Waals surface area (Å²) < 4.78 is 5.75. The topological polar surface area (TPSA) is 70.1 Å². The number of ether oxygens (including phenoxy) is 1. The third-order valence-corrected chi connectivity index (χ3v) is 2.93. The van der Waals surface area contributed by atoms with E-state index in [0.29, 0.717) is 19.6 Å². The van der Waals surface area contributed by atoms with Crippen molar-refractivity contribution in [3.8, 4) is 0 Å². The molecular formula is C13H24N2O4. The molecule has 0 spiro atoms. The first-order valence-corrected chi connectivity index (χ1v) is 6.68. The summed E-state index contributed by atoms with van der Waals surface area (Å²) in [6.07, 6.45) is 0.698. The third-order valence-electron chi connectivity index (χ3n) is 2.93. The second-order valence-electron chi connectivity index (χ2n) is 5.67. The number of carboxylic acid groups (broad SMARTS) is 1. The van der Waals surface area contributed by atoms with Crippen molar-refractivity contribution in [2.24, 2.45) is 0 Å². The monoisotopic (exact) mass is 272 g/mol. The van der Waals surface area contributed by atoms with E-state index in [1.165, 1.54) is 4.90 Å². The maximum Gasteiger partial charge on any atom is 0.323 e. The summed E-state index contributed by atoms with van der Waals surface area (Å²) in [7, 11) is 0. The minimum atomic E-state index is -0.984. The highest BCUT2D eigenvalue weighted by Gasteiger charge is 2.35. The van der Waals surface area contributed by atoms with Crippen LogP contribution in [0.3, 0.4) is 0 Å². The molecule has 1 rings (SSSR count). The second kappa shape index (κ2) is 6.23. The number of carbonyl (C=O) groups excluding carboxylic acids is 1. The fourth-order valence-corrected chi connectivity index (χ4v) is 2.47. The van der Waals surface area contributed by atoms with Crippen LogP contribution in [0.2, 0.25) is 0 Å². The Hall–Kier alpha value is -1.30. The maximum absolute atomic E-state index is 12.4. The first-order valence-electron chi connectivity index (χ1n) is 6.68. The van der Waals surface area contributed by atoms with E-state index in [1.54, 1.807) is 4.90 Å². The maximum atomic E-state index is 12.4. The summed E-state index contributed by atoms with van der Waals surface area (Å²) in [4.78, 5) is 26.3. The van der Waals surface area contributed by atoms with Crippen molar-refractivity contribution in [3.05, 3.63) is 0 Å². The summed E-state index contributed by atoms with van der Waals surface area (Å²) >= 11 is 0. The van der Waals surface area contributed by atoms with Gasteiger partial charge in [-0.15, -0.1) is 0 Å². The average molecular weight is 272 g/mol. The number of aliphatic carboxylic acids is 1. The van der Waals surface area contributed by atoms with Crippen LogP contribution in [0.25, 0.3) is 0 Å². The van der Waals surface area contributed by atoms with Crippen LogP contribution in [-0.4, -0.2) is 64.8 Å². The van der Waals surface area contributed by atoms with Crippen LogP contribution in [-0.2, 0) is 9.53 Å². The molecule has 110 valence electrons. The predicted molar refractivity (Wildman–Crippen MR) is 71.1 cm³/mol. The number of morpholine rings is 1. The molecule has 1 unspecified atom stereocenters. The number of urea groups is 1. The quantitative estimate of drug-likeness (QED) is 0.840. The largest absolute Gasteiger partial charge is 0.480 e.